The van der Waals surface area contributed by atoms with Crippen molar-refractivity contribution in [1.29, 1.82) is 0 Å². The van der Waals surface area contributed by atoms with Crippen molar-refractivity contribution in [1.82, 2.24) is 50.7 Å². The lowest BCUT2D eigenvalue weighted by Gasteiger charge is -2.40. The number of nitrogens with zero attached hydrogens (tertiary/aromatic N) is 10. The van der Waals surface area contributed by atoms with Gasteiger partial charge in [-0.1, -0.05) is 42.5 Å². The Balaban J connectivity index is 0.981. The van der Waals surface area contributed by atoms with E-state index in [9.17, 15) is 19.2 Å². The van der Waals surface area contributed by atoms with Crippen molar-refractivity contribution in [2.24, 2.45) is 17.8 Å². The molecule has 0 aliphatic carbocycles. The number of urea groups is 1. The monoisotopic (exact) mass is 970 g/mol. The third-order valence-corrected chi connectivity index (χ3v) is 14.7. The Morgan fingerprint density at radius 3 is 2.01 bits per heavy atom. The van der Waals surface area contributed by atoms with Crippen molar-refractivity contribution < 1.29 is 23.9 Å². The highest BCUT2D eigenvalue weighted by atomic mass is 16.6. The molecule has 2 N–H and O–H groups in total. The van der Waals surface area contributed by atoms with Crippen LogP contribution >= 0.6 is 0 Å². The fourth-order valence-electron chi connectivity index (χ4n) is 10.3. The SMILES string of the molecule is CN(C)C(=O)N1CCC(CCN([N]CCC2CCN(C(=O)c3ccncc3)CC2)N(CCC2CCN(CCc3ccncc3)CC2)NC2CN(C(=O)OCc3ccccc3)c3ccccc3NC2=O)CC1. The number of aromatic nitrogens is 2. The summed E-state index contributed by atoms with van der Waals surface area (Å²) in [5.41, 5.74) is 13.0. The smallest absolute Gasteiger partial charge is 0.414 e. The minimum atomic E-state index is -0.845. The highest BCUT2D eigenvalue weighted by molar-refractivity contribution is 6.04. The van der Waals surface area contributed by atoms with Crippen molar-refractivity contribution in [3.8, 4) is 0 Å². The molecule has 2 aromatic heterocycles. The van der Waals surface area contributed by atoms with Crippen LogP contribution in [0.4, 0.5) is 21.0 Å². The molecule has 379 valence electrons. The Labute approximate surface area is 419 Å². The van der Waals surface area contributed by atoms with Crippen LogP contribution in [-0.2, 0) is 22.6 Å². The maximum Gasteiger partial charge on any atom is 0.414 e. The quantitative estimate of drug-likeness (QED) is 0.0980. The largest absolute Gasteiger partial charge is 0.444 e. The van der Waals surface area contributed by atoms with E-state index in [4.69, 9.17) is 10.2 Å². The lowest BCUT2D eigenvalue weighted by Crippen LogP contribution is -2.62. The van der Waals surface area contributed by atoms with Gasteiger partial charge in [0.15, 0.2) is 0 Å². The Bertz CT molecular complexity index is 2290. The van der Waals surface area contributed by atoms with E-state index in [1.165, 1.54) is 5.56 Å². The molecule has 3 fully saturated rings. The lowest BCUT2D eigenvalue weighted by atomic mass is 9.93. The number of nitrogens with one attached hydrogen (secondary N) is 2. The Kier molecular flexibility index (Phi) is 18.8. The average Bonchev–Trinajstić information content (AvgIpc) is 3.55. The maximum atomic E-state index is 14.4. The fourth-order valence-corrected chi connectivity index (χ4v) is 10.3. The van der Waals surface area contributed by atoms with Crippen molar-refractivity contribution in [3.05, 3.63) is 120 Å². The van der Waals surface area contributed by atoms with Crippen LogP contribution in [0, 0.1) is 17.8 Å². The summed E-state index contributed by atoms with van der Waals surface area (Å²) in [4.78, 5) is 72.5. The summed E-state index contributed by atoms with van der Waals surface area (Å²) in [6.07, 6.45) is 15.9. The number of anilines is 2. The number of piperidine rings is 3. The molecule has 8 rings (SSSR count). The molecule has 1 unspecified atom stereocenters. The molecule has 1 atom stereocenters. The van der Waals surface area contributed by atoms with Crippen LogP contribution in [0.25, 0.3) is 0 Å². The molecule has 0 saturated carbocycles. The number of hydrogen-bond acceptors (Lipinski definition) is 11. The lowest BCUT2D eigenvalue weighted by molar-refractivity contribution is -0.139. The molecule has 0 spiro atoms. The van der Waals surface area contributed by atoms with E-state index in [2.05, 4.69) is 48.0 Å². The van der Waals surface area contributed by atoms with Crippen molar-refractivity contribution in [2.45, 2.75) is 76.9 Å². The summed E-state index contributed by atoms with van der Waals surface area (Å²) in [6, 6.07) is 23.9. The van der Waals surface area contributed by atoms with Gasteiger partial charge in [-0.25, -0.2) is 15.0 Å². The molecule has 2 aromatic carbocycles. The van der Waals surface area contributed by atoms with Gasteiger partial charge in [-0.2, -0.15) is 5.12 Å². The second-order valence-corrected chi connectivity index (χ2v) is 19.8. The number of hydrazine groups is 2. The number of carbonyl (C=O) groups is 4. The highest BCUT2D eigenvalue weighted by Gasteiger charge is 2.36. The number of benzene rings is 2. The van der Waals surface area contributed by atoms with Gasteiger partial charge in [-0.05, 0) is 143 Å². The molecule has 17 nitrogen and oxygen atoms in total. The minimum absolute atomic E-state index is 0.0336. The number of fused-ring (bicyclic) bond motifs is 1. The van der Waals surface area contributed by atoms with Crippen LogP contribution in [-0.4, -0.2) is 156 Å². The summed E-state index contributed by atoms with van der Waals surface area (Å²) in [6.45, 7) is 7.82. The average molecular weight is 970 g/mol. The molecular formula is C54H73N12O5. The van der Waals surface area contributed by atoms with E-state index in [0.29, 0.717) is 80.5 Å². The van der Waals surface area contributed by atoms with Gasteiger partial charge in [0.1, 0.15) is 12.6 Å². The standard InChI is InChI=1S/C54H73N12O5/c1-60(2)53(69)63-36-22-45(23-37-63)24-38-65(57-30-14-43-20-34-62(35-21-43)52(68)47-15-28-56-29-16-47)66(39-25-44-18-32-61(33-19-44)31-17-42-12-26-55-27-13-42)59-49-40-64(50-11-7-6-10-48(50)58-51(49)67)54(70)71-41-46-8-4-3-5-9-46/h3-13,15-16,26-29,43-45,49,59H,14,17-25,30-41H2,1-2H3,(H,58,67). The Hall–Kier alpha value is -5.98. The summed E-state index contributed by atoms with van der Waals surface area (Å²) in [5, 5.41) is 7.24. The molecule has 71 heavy (non-hydrogen) atoms. The number of rotatable bonds is 19. The first-order chi connectivity index (χ1) is 34.7. The summed E-state index contributed by atoms with van der Waals surface area (Å²) >= 11 is 0. The van der Waals surface area contributed by atoms with Crippen LogP contribution in [0.15, 0.2) is 104 Å². The van der Waals surface area contributed by atoms with Gasteiger partial charge >= 0.3 is 12.1 Å². The van der Waals surface area contributed by atoms with E-state index in [1.54, 1.807) is 48.4 Å². The van der Waals surface area contributed by atoms with Gasteiger partial charge < -0.3 is 29.7 Å². The van der Waals surface area contributed by atoms with E-state index < -0.39 is 12.1 Å². The predicted molar refractivity (Wildman–Crippen MR) is 274 cm³/mol. The number of carbonyl (C=O) groups excluding carboxylic acids is 4. The molecular weight excluding hydrogens is 897 g/mol. The van der Waals surface area contributed by atoms with Crippen molar-refractivity contribution in [3.63, 3.8) is 0 Å². The third kappa shape index (κ3) is 14.8. The van der Waals surface area contributed by atoms with Gasteiger partial charge in [0.05, 0.1) is 17.9 Å². The van der Waals surface area contributed by atoms with Gasteiger partial charge in [0.25, 0.3) is 5.91 Å². The predicted octanol–water partition coefficient (Wildman–Crippen LogP) is 6.55. The number of hydrogen-bond donors (Lipinski definition) is 2. The van der Waals surface area contributed by atoms with Crippen LogP contribution < -0.4 is 21.1 Å². The van der Waals surface area contributed by atoms with Crippen LogP contribution in [0.2, 0.25) is 0 Å². The first-order valence-electron chi connectivity index (χ1n) is 25.8. The molecule has 1 radical (unpaired) electrons. The maximum absolute atomic E-state index is 14.4. The number of para-hydroxylation sites is 2. The minimum Gasteiger partial charge on any atom is -0.444 e. The second-order valence-electron chi connectivity index (χ2n) is 19.8. The number of ether oxygens (including phenoxy) is 1. The van der Waals surface area contributed by atoms with Crippen molar-refractivity contribution >= 4 is 35.3 Å². The molecule has 0 bridgehead atoms. The molecule has 4 aliphatic heterocycles. The first-order valence-corrected chi connectivity index (χ1v) is 25.8. The van der Waals surface area contributed by atoms with Gasteiger partial charge in [0.2, 0.25) is 5.91 Å². The normalized spacial score (nSPS) is 18.6. The van der Waals surface area contributed by atoms with Crippen LogP contribution in [0.5, 0.6) is 0 Å². The number of amides is 5. The third-order valence-electron chi connectivity index (χ3n) is 14.7. The second kappa shape index (κ2) is 25.9. The summed E-state index contributed by atoms with van der Waals surface area (Å²) in [7, 11) is 3.60. The topological polar surface area (TPSA) is 164 Å². The van der Waals surface area contributed by atoms with E-state index >= 15 is 0 Å². The zero-order valence-corrected chi connectivity index (χ0v) is 41.7. The highest BCUT2D eigenvalue weighted by Crippen LogP contribution is 2.30. The molecule has 5 amide bonds. The molecule has 3 saturated heterocycles. The molecule has 4 aromatic rings. The molecule has 4 aliphatic rings. The molecule has 6 heterocycles. The zero-order chi connectivity index (χ0) is 49.4. The first kappa shape index (κ1) is 51.4. The summed E-state index contributed by atoms with van der Waals surface area (Å²) in [5.74, 6) is 1.07. The molecule has 17 heteroatoms. The van der Waals surface area contributed by atoms with Crippen LogP contribution in [0.3, 0.4) is 0 Å². The Morgan fingerprint density at radius 2 is 1.32 bits per heavy atom. The van der Waals surface area contributed by atoms with Gasteiger partial charge in [0, 0.05) is 96.8 Å². The number of likely N-dealkylation sites (tertiary alicyclic amines) is 3. The summed E-state index contributed by atoms with van der Waals surface area (Å²) < 4.78 is 5.91. The number of pyridine rings is 2. The van der Waals surface area contributed by atoms with E-state index in [-0.39, 0.29) is 31.0 Å². The van der Waals surface area contributed by atoms with E-state index in [1.807, 2.05) is 76.8 Å². The Morgan fingerprint density at radius 1 is 0.718 bits per heavy atom. The van der Waals surface area contributed by atoms with Crippen LogP contribution in [0.1, 0.15) is 79.3 Å². The van der Waals surface area contributed by atoms with Gasteiger partial charge in [-0.15, -0.1) is 10.5 Å². The zero-order valence-electron chi connectivity index (χ0n) is 41.7. The van der Waals surface area contributed by atoms with E-state index in [0.717, 1.165) is 89.4 Å². The fraction of sp³-hybridized carbons (Fsp3) is 0.519. The van der Waals surface area contributed by atoms with Crippen molar-refractivity contribution in [2.75, 3.05) is 96.3 Å². The van der Waals surface area contributed by atoms with Gasteiger partial charge in [-0.3, -0.25) is 24.5 Å².